The van der Waals surface area contributed by atoms with Crippen LogP contribution in [0.2, 0.25) is 0 Å². The quantitative estimate of drug-likeness (QED) is 0.862. The Morgan fingerprint density at radius 3 is 3.00 bits per heavy atom. The molecule has 102 valence electrons. The van der Waals surface area contributed by atoms with Crippen molar-refractivity contribution in [3.05, 3.63) is 18.2 Å². The minimum absolute atomic E-state index is 0.274. The third-order valence-electron chi connectivity index (χ3n) is 3.69. The number of aromatic nitrogens is 2. The topological polar surface area (TPSA) is 43.8 Å². The van der Waals surface area contributed by atoms with E-state index in [1.54, 1.807) is 0 Å². The summed E-state index contributed by atoms with van der Waals surface area (Å²) in [6.07, 6.45) is 9.91. The van der Waals surface area contributed by atoms with Crippen LogP contribution in [0.3, 0.4) is 0 Å². The van der Waals surface area contributed by atoms with Crippen LogP contribution < -0.4 is 5.73 Å². The summed E-state index contributed by atoms with van der Waals surface area (Å²) in [4.78, 5) is 4.45. The van der Waals surface area contributed by atoms with Crippen molar-refractivity contribution < 1.29 is 0 Å². The van der Waals surface area contributed by atoms with Gasteiger partial charge < -0.3 is 10.3 Å². The molecule has 1 aromatic heterocycles. The van der Waals surface area contributed by atoms with Crippen LogP contribution in [0.5, 0.6) is 0 Å². The number of nitrogens with zero attached hydrogens (tertiary/aromatic N) is 2. The van der Waals surface area contributed by atoms with E-state index in [9.17, 15) is 0 Å². The van der Waals surface area contributed by atoms with Gasteiger partial charge in [0.15, 0.2) is 0 Å². The maximum Gasteiger partial charge on any atom is 0.110 e. The number of imidazole rings is 1. The van der Waals surface area contributed by atoms with Crippen molar-refractivity contribution in [2.24, 2.45) is 11.7 Å². The fraction of sp³-hybridized carbons (Fsp3) is 0.786. The van der Waals surface area contributed by atoms with Gasteiger partial charge in [-0.05, 0) is 43.1 Å². The second kappa shape index (κ2) is 7.19. The Balaban J connectivity index is 1.82. The summed E-state index contributed by atoms with van der Waals surface area (Å²) in [5, 5.41) is 0. The molecule has 18 heavy (non-hydrogen) atoms. The minimum Gasteiger partial charge on any atom is -0.335 e. The average Bonchev–Trinajstić information content (AvgIpc) is 2.78. The molecule has 3 nitrogen and oxygen atoms in total. The summed E-state index contributed by atoms with van der Waals surface area (Å²) in [5.41, 5.74) is 6.30. The molecule has 1 aromatic rings. The number of hydrogen-bond donors (Lipinski definition) is 1. The zero-order chi connectivity index (χ0) is 12.8. The smallest absolute Gasteiger partial charge is 0.110 e. The summed E-state index contributed by atoms with van der Waals surface area (Å²) in [6, 6.07) is 0.274. The van der Waals surface area contributed by atoms with Crippen molar-refractivity contribution in [1.29, 1.82) is 0 Å². The molecule has 4 heteroatoms. The summed E-state index contributed by atoms with van der Waals surface area (Å²) >= 11 is 2.08. The Morgan fingerprint density at radius 1 is 1.50 bits per heavy atom. The Kier molecular flexibility index (Phi) is 5.57. The van der Waals surface area contributed by atoms with Crippen molar-refractivity contribution in [3.8, 4) is 0 Å². The van der Waals surface area contributed by atoms with Gasteiger partial charge in [0.05, 0.1) is 0 Å². The molecule has 0 amide bonds. The predicted molar refractivity (Wildman–Crippen MR) is 78.9 cm³/mol. The van der Waals surface area contributed by atoms with Gasteiger partial charge in [0.25, 0.3) is 0 Å². The molecule has 0 aliphatic carbocycles. The normalized spacial score (nSPS) is 19.0. The third-order valence-corrected chi connectivity index (χ3v) is 4.74. The van der Waals surface area contributed by atoms with E-state index in [0.717, 1.165) is 31.1 Å². The molecular formula is C14H25N3S. The maximum atomic E-state index is 6.30. The monoisotopic (exact) mass is 267 g/mol. The molecular weight excluding hydrogens is 242 g/mol. The molecule has 0 radical (unpaired) electrons. The van der Waals surface area contributed by atoms with Gasteiger partial charge in [0, 0.05) is 31.4 Å². The van der Waals surface area contributed by atoms with Gasteiger partial charge in [-0.2, -0.15) is 11.8 Å². The van der Waals surface area contributed by atoms with Crippen LogP contribution in [0.1, 0.15) is 38.4 Å². The van der Waals surface area contributed by atoms with Crippen LogP contribution in [0.25, 0.3) is 0 Å². The maximum absolute atomic E-state index is 6.30. The molecule has 2 heterocycles. The number of rotatable bonds is 6. The fourth-order valence-corrected chi connectivity index (χ4v) is 3.91. The number of thioether (sulfide) groups is 1. The van der Waals surface area contributed by atoms with Gasteiger partial charge >= 0.3 is 0 Å². The molecule has 1 atom stereocenters. The van der Waals surface area contributed by atoms with Crippen LogP contribution in [0.15, 0.2) is 12.4 Å². The molecule has 1 unspecified atom stereocenters. The first-order chi connectivity index (χ1) is 8.79. The second-order valence-corrected chi connectivity index (χ2v) is 6.52. The van der Waals surface area contributed by atoms with Crippen LogP contribution in [0, 0.1) is 5.92 Å². The number of nitrogens with two attached hydrogens (primary N) is 1. The van der Waals surface area contributed by atoms with Gasteiger partial charge in [-0.15, -0.1) is 0 Å². The first kappa shape index (κ1) is 13.9. The van der Waals surface area contributed by atoms with Gasteiger partial charge in [-0.25, -0.2) is 4.98 Å². The largest absolute Gasteiger partial charge is 0.335 e. The Hall–Kier alpha value is -0.480. The fourth-order valence-electron chi connectivity index (χ4n) is 2.70. The van der Waals surface area contributed by atoms with E-state index >= 15 is 0 Å². The van der Waals surface area contributed by atoms with E-state index in [1.165, 1.54) is 30.8 Å². The highest BCUT2D eigenvalue weighted by molar-refractivity contribution is 7.99. The summed E-state index contributed by atoms with van der Waals surface area (Å²) in [7, 11) is 0. The first-order valence-electron chi connectivity index (χ1n) is 7.13. The van der Waals surface area contributed by atoms with E-state index in [-0.39, 0.29) is 6.04 Å². The van der Waals surface area contributed by atoms with E-state index in [2.05, 4.69) is 34.4 Å². The highest BCUT2D eigenvalue weighted by Crippen LogP contribution is 2.26. The molecule has 0 spiro atoms. The average molecular weight is 267 g/mol. The standard InChI is InChI=1S/C14H25N3S/c1-2-6-17-7-5-16-14(17)11-13(15)10-12-3-8-18-9-4-12/h5,7,12-13H,2-4,6,8-11,15H2,1H3. The third kappa shape index (κ3) is 4.02. The Labute approximate surface area is 115 Å². The number of aryl methyl sites for hydroxylation is 1. The summed E-state index contributed by atoms with van der Waals surface area (Å²) in [6.45, 7) is 3.26. The van der Waals surface area contributed by atoms with E-state index in [4.69, 9.17) is 5.73 Å². The summed E-state index contributed by atoms with van der Waals surface area (Å²) in [5.74, 6) is 4.65. The molecule has 1 aliphatic heterocycles. The Morgan fingerprint density at radius 2 is 2.28 bits per heavy atom. The van der Waals surface area contributed by atoms with Crippen LogP contribution in [0.4, 0.5) is 0 Å². The van der Waals surface area contributed by atoms with Crippen LogP contribution >= 0.6 is 11.8 Å². The Bertz CT molecular complexity index is 345. The van der Waals surface area contributed by atoms with Crippen molar-refractivity contribution in [3.63, 3.8) is 0 Å². The van der Waals surface area contributed by atoms with E-state index in [1.807, 2.05) is 6.20 Å². The summed E-state index contributed by atoms with van der Waals surface area (Å²) < 4.78 is 2.25. The predicted octanol–water partition coefficient (Wildman–Crippen LogP) is 2.70. The molecule has 0 aromatic carbocycles. The lowest BCUT2D eigenvalue weighted by molar-refractivity contribution is 0.400. The van der Waals surface area contributed by atoms with Crippen molar-refractivity contribution in [2.45, 2.75) is 51.6 Å². The lowest BCUT2D eigenvalue weighted by atomic mass is 9.93. The van der Waals surface area contributed by atoms with Crippen molar-refractivity contribution in [1.82, 2.24) is 9.55 Å². The first-order valence-corrected chi connectivity index (χ1v) is 8.28. The second-order valence-electron chi connectivity index (χ2n) is 5.29. The molecule has 0 saturated carbocycles. The lowest BCUT2D eigenvalue weighted by Crippen LogP contribution is -2.29. The van der Waals surface area contributed by atoms with Gasteiger partial charge in [0.1, 0.15) is 5.82 Å². The molecule has 2 N–H and O–H groups in total. The molecule has 0 bridgehead atoms. The van der Waals surface area contributed by atoms with Gasteiger partial charge in [-0.1, -0.05) is 6.92 Å². The van der Waals surface area contributed by atoms with E-state index in [0.29, 0.717) is 0 Å². The molecule has 1 saturated heterocycles. The number of hydrogen-bond acceptors (Lipinski definition) is 3. The van der Waals surface area contributed by atoms with E-state index < -0.39 is 0 Å². The molecule has 1 fully saturated rings. The molecule has 1 aliphatic rings. The van der Waals surface area contributed by atoms with Gasteiger partial charge in [0.2, 0.25) is 0 Å². The van der Waals surface area contributed by atoms with Crippen LogP contribution in [-0.2, 0) is 13.0 Å². The lowest BCUT2D eigenvalue weighted by Gasteiger charge is -2.24. The van der Waals surface area contributed by atoms with Gasteiger partial charge in [-0.3, -0.25) is 0 Å². The zero-order valence-corrected chi connectivity index (χ0v) is 12.2. The van der Waals surface area contributed by atoms with Crippen molar-refractivity contribution >= 4 is 11.8 Å². The SMILES string of the molecule is CCCn1ccnc1CC(N)CC1CCSCC1. The minimum atomic E-state index is 0.274. The van der Waals surface area contributed by atoms with Crippen molar-refractivity contribution in [2.75, 3.05) is 11.5 Å². The highest BCUT2D eigenvalue weighted by atomic mass is 32.2. The van der Waals surface area contributed by atoms with Crippen LogP contribution in [-0.4, -0.2) is 27.1 Å². The zero-order valence-electron chi connectivity index (χ0n) is 11.3. The molecule has 2 rings (SSSR count). The highest BCUT2D eigenvalue weighted by Gasteiger charge is 2.18.